The smallest absolute Gasteiger partial charge is 0.123 e. The first-order valence-corrected chi connectivity index (χ1v) is 7.14. The van der Waals surface area contributed by atoms with E-state index < -0.39 is 0 Å². The number of halogens is 1. The summed E-state index contributed by atoms with van der Waals surface area (Å²) in [7, 11) is 2.13. The van der Waals surface area contributed by atoms with E-state index in [1.807, 2.05) is 12.1 Å². The number of piperidine rings is 1. The van der Waals surface area contributed by atoms with Gasteiger partial charge in [0.25, 0.3) is 0 Å². The highest BCUT2D eigenvalue weighted by molar-refractivity contribution is 5.15. The van der Waals surface area contributed by atoms with Crippen LogP contribution >= 0.6 is 0 Å². The Hall–Kier alpha value is -0.930. The Kier molecular flexibility index (Phi) is 4.58. The first-order chi connectivity index (χ1) is 8.97. The van der Waals surface area contributed by atoms with Gasteiger partial charge >= 0.3 is 0 Å². The van der Waals surface area contributed by atoms with E-state index in [0.717, 1.165) is 25.2 Å². The molecule has 0 saturated carbocycles. The Bertz CT molecular complexity index is 400. The predicted molar refractivity (Wildman–Crippen MR) is 77.5 cm³/mol. The van der Waals surface area contributed by atoms with Crippen LogP contribution < -0.4 is 5.32 Å². The predicted octanol–water partition coefficient (Wildman–Crippen LogP) is 3.04. The lowest BCUT2D eigenvalue weighted by Crippen LogP contribution is -2.52. The molecule has 0 aromatic heterocycles. The second kappa shape index (κ2) is 6.02. The van der Waals surface area contributed by atoms with Crippen LogP contribution in [-0.2, 0) is 6.54 Å². The lowest BCUT2D eigenvalue weighted by Gasteiger charge is -2.41. The van der Waals surface area contributed by atoms with Crippen molar-refractivity contribution in [3.63, 3.8) is 0 Å². The van der Waals surface area contributed by atoms with Gasteiger partial charge in [-0.1, -0.05) is 26.0 Å². The molecule has 0 amide bonds. The molecule has 2 rings (SSSR count). The number of hydrogen-bond acceptors (Lipinski definition) is 2. The third kappa shape index (κ3) is 4.02. The van der Waals surface area contributed by atoms with Gasteiger partial charge in [-0.3, -0.25) is 0 Å². The van der Waals surface area contributed by atoms with Crippen LogP contribution in [0.2, 0.25) is 0 Å². The van der Waals surface area contributed by atoms with Gasteiger partial charge in [0.2, 0.25) is 0 Å². The Morgan fingerprint density at radius 1 is 1.32 bits per heavy atom. The highest BCUT2D eigenvalue weighted by atomic mass is 19.1. The third-order valence-electron chi connectivity index (χ3n) is 4.19. The lowest BCUT2D eigenvalue weighted by atomic mass is 9.77. The topological polar surface area (TPSA) is 15.3 Å². The van der Waals surface area contributed by atoms with E-state index in [2.05, 4.69) is 31.1 Å². The summed E-state index contributed by atoms with van der Waals surface area (Å²) in [5.41, 5.74) is 1.52. The fraction of sp³-hybridized carbons (Fsp3) is 0.625. The molecule has 1 aliphatic heterocycles. The normalized spacial score (nSPS) is 22.7. The average Bonchev–Trinajstić information content (AvgIpc) is 2.35. The first kappa shape index (κ1) is 14.5. The molecular formula is C16H25FN2. The number of benzene rings is 1. The van der Waals surface area contributed by atoms with Gasteiger partial charge in [0, 0.05) is 19.1 Å². The van der Waals surface area contributed by atoms with Crippen LogP contribution in [0.4, 0.5) is 4.39 Å². The maximum atomic E-state index is 12.9. The maximum Gasteiger partial charge on any atom is 0.123 e. The summed E-state index contributed by atoms with van der Waals surface area (Å²) in [5.74, 6) is -0.165. The molecular weight excluding hydrogens is 239 g/mol. The molecule has 0 bridgehead atoms. The number of rotatable bonds is 4. The zero-order valence-corrected chi connectivity index (χ0v) is 12.2. The van der Waals surface area contributed by atoms with Crippen LogP contribution in [0, 0.1) is 11.2 Å². The van der Waals surface area contributed by atoms with E-state index in [1.165, 1.54) is 25.0 Å². The quantitative estimate of drug-likeness (QED) is 0.899. The van der Waals surface area contributed by atoms with Crippen LogP contribution in [0.1, 0.15) is 32.3 Å². The summed E-state index contributed by atoms with van der Waals surface area (Å²) < 4.78 is 12.9. The van der Waals surface area contributed by atoms with Crippen LogP contribution in [0.25, 0.3) is 0 Å². The molecule has 106 valence electrons. The summed E-state index contributed by atoms with van der Waals surface area (Å²) in [4.78, 5) is 2.32. The molecule has 1 heterocycles. The highest BCUT2D eigenvalue weighted by Gasteiger charge is 2.32. The molecule has 3 heteroatoms. The summed E-state index contributed by atoms with van der Waals surface area (Å²) in [6.45, 7) is 7.71. The van der Waals surface area contributed by atoms with Gasteiger partial charge in [0.05, 0.1) is 0 Å². The van der Waals surface area contributed by atoms with Crippen LogP contribution in [-0.4, -0.2) is 31.1 Å². The zero-order valence-electron chi connectivity index (χ0n) is 12.2. The van der Waals surface area contributed by atoms with Crippen molar-refractivity contribution in [2.24, 2.45) is 5.41 Å². The van der Waals surface area contributed by atoms with Crippen molar-refractivity contribution < 1.29 is 4.39 Å². The third-order valence-corrected chi connectivity index (χ3v) is 4.19. The van der Waals surface area contributed by atoms with Gasteiger partial charge in [-0.15, -0.1) is 0 Å². The van der Waals surface area contributed by atoms with E-state index in [-0.39, 0.29) is 5.82 Å². The Morgan fingerprint density at radius 2 is 2.00 bits per heavy atom. The van der Waals surface area contributed by atoms with Crippen molar-refractivity contribution in [1.82, 2.24) is 10.2 Å². The molecule has 1 aliphatic rings. The molecule has 0 aliphatic carbocycles. The highest BCUT2D eigenvalue weighted by Crippen LogP contribution is 2.30. The van der Waals surface area contributed by atoms with E-state index in [0.29, 0.717) is 11.5 Å². The van der Waals surface area contributed by atoms with Crippen molar-refractivity contribution in [2.45, 2.75) is 39.3 Å². The molecule has 1 fully saturated rings. The zero-order chi connectivity index (χ0) is 13.9. The summed E-state index contributed by atoms with van der Waals surface area (Å²) in [6, 6.07) is 7.33. The van der Waals surface area contributed by atoms with Gasteiger partial charge in [0.1, 0.15) is 5.82 Å². The van der Waals surface area contributed by atoms with Crippen LogP contribution in [0.15, 0.2) is 24.3 Å². The van der Waals surface area contributed by atoms with Crippen molar-refractivity contribution in [1.29, 1.82) is 0 Å². The van der Waals surface area contributed by atoms with E-state index in [1.54, 1.807) is 0 Å². The molecule has 0 spiro atoms. The minimum Gasteiger partial charge on any atom is -0.312 e. The standard InChI is InChI=1S/C16H25FN2/c1-16(2)9-4-10-18-15(16)12-19(3)11-13-5-7-14(17)8-6-13/h5-8,15,18H,4,9-12H2,1-3H3. The molecule has 1 unspecified atom stereocenters. The molecule has 1 aromatic rings. The van der Waals surface area contributed by atoms with Crippen LogP contribution in [0.3, 0.4) is 0 Å². The summed E-state index contributed by atoms with van der Waals surface area (Å²) >= 11 is 0. The summed E-state index contributed by atoms with van der Waals surface area (Å²) in [6.07, 6.45) is 2.56. The van der Waals surface area contributed by atoms with Gasteiger partial charge < -0.3 is 10.2 Å². The minimum atomic E-state index is -0.165. The molecule has 1 N–H and O–H groups in total. The van der Waals surface area contributed by atoms with E-state index in [4.69, 9.17) is 0 Å². The SMILES string of the molecule is CN(Cc1ccc(F)cc1)CC1NCCCC1(C)C. The van der Waals surface area contributed by atoms with Crippen LogP contribution in [0.5, 0.6) is 0 Å². The Morgan fingerprint density at radius 3 is 2.63 bits per heavy atom. The maximum absolute atomic E-state index is 12.9. The number of nitrogens with zero attached hydrogens (tertiary/aromatic N) is 1. The Balaban J connectivity index is 1.90. The van der Waals surface area contributed by atoms with Crippen molar-refractivity contribution in [3.8, 4) is 0 Å². The fourth-order valence-electron chi connectivity index (χ4n) is 2.86. The number of hydrogen-bond donors (Lipinski definition) is 1. The molecule has 1 aromatic carbocycles. The first-order valence-electron chi connectivity index (χ1n) is 7.14. The molecule has 19 heavy (non-hydrogen) atoms. The average molecular weight is 264 g/mol. The second-order valence-corrected chi connectivity index (χ2v) is 6.42. The van der Waals surface area contributed by atoms with Crippen molar-refractivity contribution in [2.75, 3.05) is 20.1 Å². The van der Waals surface area contributed by atoms with Gasteiger partial charge in [-0.25, -0.2) is 4.39 Å². The monoisotopic (exact) mass is 264 g/mol. The largest absolute Gasteiger partial charge is 0.312 e. The minimum absolute atomic E-state index is 0.165. The number of nitrogens with one attached hydrogen (secondary N) is 1. The van der Waals surface area contributed by atoms with E-state index >= 15 is 0 Å². The van der Waals surface area contributed by atoms with Gasteiger partial charge in [-0.05, 0) is 49.5 Å². The van der Waals surface area contributed by atoms with Crippen molar-refractivity contribution >= 4 is 0 Å². The van der Waals surface area contributed by atoms with Gasteiger partial charge in [0.15, 0.2) is 0 Å². The number of likely N-dealkylation sites (N-methyl/N-ethyl adjacent to an activating group) is 1. The molecule has 2 nitrogen and oxygen atoms in total. The lowest BCUT2D eigenvalue weighted by molar-refractivity contribution is 0.136. The van der Waals surface area contributed by atoms with E-state index in [9.17, 15) is 4.39 Å². The van der Waals surface area contributed by atoms with Crippen molar-refractivity contribution in [3.05, 3.63) is 35.6 Å². The van der Waals surface area contributed by atoms with Gasteiger partial charge in [-0.2, -0.15) is 0 Å². The molecule has 1 saturated heterocycles. The Labute approximate surface area is 116 Å². The fourth-order valence-corrected chi connectivity index (χ4v) is 2.86. The molecule has 0 radical (unpaired) electrons. The second-order valence-electron chi connectivity index (χ2n) is 6.42. The molecule has 1 atom stereocenters. The summed E-state index contributed by atoms with van der Waals surface area (Å²) in [5, 5.41) is 3.63.